The number of likely N-dealkylation sites (N-methyl/N-ethyl adjacent to an activating group) is 1. The van der Waals surface area contributed by atoms with Crippen LogP contribution in [0.15, 0.2) is 0 Å². The summed E-state index contributed by atoms with van der Waals surface area (Å²) < 4.78 is 16.2. The summed E-state index contributed by atoms with van der Waals surface area (Å²) >= 11 is 0. The Morgan fingerprint density at radius 3 is 1.61 bits per heavy atom. The van der Waals surface area contributed by atoms with Gasteiger partial charge in [-0.15, -0.1) is 0 Å². The van der Waals surface area contributed by atoms with Crippen LogP contribution in [0.1, 0.15) is 71.1 Å². The van der Waals surface area contributed by atoms with Crippen molar-refractivity contribution in [3.05, 3.63) is 0 Å². The molecule has 8 N–H and O–H groups in total. The summed E-state index contributed by atoms with van der Waals surface area (Å²) in [7, 11) is 0. The molecule has 0 aliphatic heterocycles. The number of rotatable bonds is 31. The van der Waals surface area contributed by atoms with Gasteiger partial charge in [0.1, 0.15) is 12.1 Å². The van der Waals surface area contributed by atoms with Gasteiger partial charge >= 0.3 is 23.9 Å². The third-order valence-corrected chi connectivity index (χ3v) is 6.40. The van der Waals surface area contributed by atoms with Gasteiger partial charge in [0, 0.05) is 38.9 Å². The molecule has 0 heterocycles. The largest absolute Gasteiger partial charge is 0.481 e. The minimum atomic E-state index is -1.51. The number of unbranched alkanes of at least 4 members (excludes halogenated alkanes) is 4. The van der Waals surface area contributed by atoms with Gasteiger partial charge in [-0.05, 0) is 32.2 Å². The van der Waals surface area contributed by atoms with Gasteiger partial charge in [-0.1, -0.05) is 26.2 Å². The number of aliphatic carboxylic acids is 3. The Balaban J connectivity index is 3.79. The molecule has 0 saturated carbocycles. The molecule has 0 saturated heterocycles. The molecule has 0 aromatic rings. The lowest BCUT2D eigenvalue weighted by Crippen LogP contribution is -2.51. The zero-order valence-corrected chi connectivity index (χ0v) is 26.8. The average Bonchev–Trinajstić information content (AvgIpc) is 3.00. The average molecular weight is 664 g/mol. The monoisotopic (exact) mass is 663 g/mol. The van der Waals surface area contributed by atoms with Gasteiger partial charge in [-0.2, -0.15) is 0 Å². The number of carboxylic acids is 3. The summed E-state index contributed by atoms with van der Waals surface area (Å²) in [5.41, 5.74) is 0. The predicted molar refractivity (Wildman–Crippen MR) is 165 cm³/mol. The second kappa shape index (κ2) is 28.9. The number of carbonyl (C=O) groups excluding carboxylic acids is 3. The maximum absolute atomic E-state index is 12.1. The molecule has 0 unspecified atom stereocenters. The van der Waals surface area contributed by atoms with Crippen LogP contribution in [0.3, 0.4) is 0 Å². The molecule has 4 amide bonds. The van der Waals surface area contributed by atoms with Crippen LogP contribution >= 0.6 is 0 Å². The van der Waals surface area contributed by atoms with Crippen molar-refractivity contribution in [1.82, 2.24) is 26.6 Å². The predicted octanol–water partition coefficient (Wildman–Crippen LogP) is 0.0693. The molecule has 0 rings (SSSR count). The van der Waals surface area contributed by atoms with Crippen LogP contribution < -0.4 is 26.6 Å². The molecule has 17 nitrogen and oxygen atoms in total. The Morgan fingerprint density at radius 1 is 0.565 bits per heavy atom. The zero-order chi connectivity index (χ0) is 34.4. The fourth-order valence-corrected chi connectivity index (χ4v) is 3.89. The van der Waals surface area contributed by atoms with Gasteiger partial charge in [0.2, 0.25) is 11.8 Å². The molecule has 0 aromatic carbocycles. The summed E-state index contributed by atoms with van der Waals surface area (Å²) in [6.45, 7) is 7.64. The van der Waals surface area contributed by atoms with Crippen molar-refractivity contribution in [2.45, 2.75) is 83.2 Å². The maximum atomic E-state index is 12.1. The van der Waals surface area contributed by atoms with Crippen LogP contribution in [0.2, 0.25) is 0 Å². The minimum Gasteiger partial charge on any atom is -0.481 e. The van der Waals surface area contributed by atoms with E-state index < -0.39 is 48.4 Å². The standard InChI is InChI=1S/C29H53N5O12/c1-2-30-14-16-44-18-20-46-21-19-45-17-15-32-24(35)8-6-4-3-5-7-13-31-25(36)11-9-22(27(39)40)33-29(43)34-23(28(41)42)10-12-26(37)38/h22-23,30H,2-21H2,1H3,(H,31,36)(H,32,35)(H,37,38)(H,39,40)(H,41,42)(H2,33,34,43)/t22-,23-/m0/s1. The molecule has 0 aliphatic carbocycles. The number of nitrogens with one attached hydrogen (secondary N) is 5. The number of hydrogen-bond donors (Lipinski definition) is 8. The first-order chi connectivity index (χ1) is 22.1. The van der Waals surface area contributed by atoms with E-state index in [2.05, 4.69) is 21.3 Å². The first-order valence-electron chi connectivity index (χ1n) is 15.8. The second-order valence-corrected chi connectivity index (χ2v) is 10.3. The topological polar surface area (TPSA) is 251 Å². The van der Waals surface area contributed by atoms with E-state index >= 15 is 0 Å². The van der Waals surface area contributed by atoms with Crippen LogP contribution in [0.4, 0.5) is 4.79 Å². The van der Waals surface area contributed by atoms with E-state index in [0.29, 0.717) is 65.6 Å². The van der Waals surface area contributed by atoms with Crippen molar-refractivity contribution in [1.29, 1.82) is 0 Å². The second-order valence-electron chi connectivity index (χ2n) is 10.3. The lowest BCUT2D eigenvalue weighted by atomic mass is 10.1. The van der Waals surface area contributed by atoms with E-state index in [1.165, 1.54) is 0 Å². The van der Waals surface area contributed by atoms with Gasteiger partial charge in [0.25, 0.3) is 0 Å². The molecular formula is C29H53N5O12. The molecule has 2 atom stereocenters. The van der Waals surface area contributed by atoms with Crippen molar-refractivity contribution in [2.24, 2.45) is 0 Å². The first-order valence-corrected chi connectivity index (χ1v) is 15.8. The van der Waals surface area contributed by atoms with E-state index in [0.717, 1.165) is 38.8 Å². The number of amides is 4. The van der Waals surface area contributed by atoms with Crippen molar-refractivity contribution in [3.63, 3.8) is 0 Å². The van der Waals surface area contributed by atoms with Crippen LogP contribution in [0, 0.1) is 0 Å². The Bertz CT molecular complexity index is 893. The van der Waals surface area contributed by atoms with Crippen LogP contribution in [0.5, 0.6) is 0 Å². The van der Waals surface area contributed by atoms with E-state index in [4.69, 9.17) is 24.4 Å². The molecular weight excluding hydrogens is 610 g/mol. The minimum absolute atomic E-state index is 0.0339. The molecule has 17 heteroatoms. The molecule has 266 valence electrons. The summed E-state index contributed by atoms with van der Waals surface area (Å²) in [6.07, 6.45) is 3.17. The van der Waals surface area contributed by atoms with Crippen molar-refractivity contribution < 1.29 is 58.3 Å². The van der Waals surface area contributed by atoms with E-state index in [1.807, 2.05) is 12.2 Å². The number of urea groups is 1. The molecule has 0 radical (unpaired) electrons. The first kappa shape index (κ1) is 42.5. The van der Waals surface area contributed by atoms with Crippen molar-refractivity contribution in [3.8, 4) is 0 Å². The Hall–Kier alpha value is -3.54. The fourth-order valence-electron chi connectivity index (χ4n) is 3.89. The van der Waals surface area contributed by atoms with E-state index in [9.17, 15) is 33.9 Å². The summed E-state index contributed by atoms with van der Waals surface area (Å²) in [6, 6.07) is -4.05. The number of carboxylic acid groups (broad SMARTS) is 3. The highest BCUT2D eigenvalue weighted by Crippen LogP contribution is 2.06. The molecule has 0 aliphatic rings. The number of hydrogen-bond acceptors (Lipinski definition) is 10. The Kier molecular flexibility index (Phi) is 26.7. The number of ether oxygens (including phenoxy) is 3. The van der Waals surface area contributed by atoms with E-state index in [1.54, 1.807) is 0 Å². The fraction of sp³-hybridized carbons (Fsp3) is 0.793. The quantitative estimate of drug-likeness (QED) is 0.0458. The highest BCUT2D eigenvalue weighted by atomic mass is 16.5. The SMILES string of the molecule is CCNCCOCCOCCOCCNC(=O)CCCCCCCNC(=O)CC[C@H](NC(=O)N[C@@H](CCC(=O)O)C(=O)O)C(=O)O. The van der Waals surface area contributed by atoms with Crippen molar-refractivity contribution >= 4 is 35.8 Å². The molecule has 0 spiro atoms. The third-order valence-electron chi connectivity index (χ3n) is 6.40. The van der Waals surface area contributed by atoms with Crippen LogP contribution in [-0.2, 0) is 38.2 Å². The molecule has 0 aromatic heterocycles. The smallest absolute Gasteiger partial charge is 0.326 e. The summed E-state index contributed by atoms with van der Waals surface area (Å²) in [4.78, 5) is 69.3. The zero-order valence-electron chi connectivity index (χ0n) is 26.8. The lowest BCUT2D eigenvalue weighted by Gasteiger charge is -2.18. The third kappa shape index (κ3) is 26.8. The normalized spacial score (nSPS) is 12.1. The molecule has 0 fully saturated rings. The van der Waals surface area contributed by atoms with Gasteiger partial charge < -0.3 is 56.1 Å². The molecule has 46 heavy (non-hydrogen) atoms. The maximum Gasteiger partial charge on any atom is 0.326 e. The highest BCUT2D eigenvalue weighted by Gasteiger charge is 2.25. The van der Waals surface area contributed by atoms with Gasteiger partial charge in [0.15, 0.2) is 0 Å². The lowest BCUT2D eigenvalue weighted by molar-refractivity contribution is -0.141. The molecule has 0 bridgehead atoms. The Morgan fingerprint density at radius 2 is 1.04 bits per heavy atom. The van der Waals surface area contributed by atoms with Gasteiger partial charge in [0.05, 0.1) is 39.6 Å². The summed E-state index contributed by atoms with van der Waals surface area (Å²) in [5, 5.41) is 39.9. The van der Waals surface area contributed by atoms with Crippen LogP contribution in [-0.4, -0.2) is 129 Å². The van der Waals surface area contributed by atoms with E-state index in [-0.39, 0.29) is 25.2 Å². The van der Waals surface area contributed by atoms with Crippen LogP contribution in [0.25, 0.3) is 0 Å². The highest BCUT2D eigenvalue weighted by molar-refractivity contribution is 5.86. The summed E-state index contributed by atoms with van der Waals surface area (Å²) in [5.74, 6) is -4.54. The van der Waals surface area contributed by atoms with Crippen molar-refractivity contribution in [2.75, 3.05) is 65.8 Å². The van der Waals surface area contributed by atoms with Gasteiger partial charge in [-0.25, -0.2) is 14.4 Å². The van der Waals surface area contributed by atoms with Gasteiger partial charge in [-0.3, -0.25) is 14.4 Å². The number of carbonyl (C=O) groups is 6. The Labute approximate surface area is 269 Å².